The SMILES string of the molecule is COc1ccc(CNc2ccc(Br)nc2)c(O)c1. The Labute approximate surface area is 114 Å². The number of phenols is 1. The van der Waals surface area contributed by atoms with Gasteiger partial charge in [0.2, 0.25) is 0 Å². The largest absolute Gasteiger partial charge is 0.507 e. The molecule has 2 rings (SSSR count). The first-order valence-corrected chi connectivity index (χ1v) is 6.19. The van der Waals surface area contributed by atoms with Crippen molar-refractivity contribution in [2.45, 2.75) is 6.54 Å². The van der Waals surface area contributed by atoms with Crippen LogP contribution in [0.25, 0.3) is 0 Å². The van der Waals surface area contributed by atoms with E-state index in [1.165, 1.54) is 0 Å². The van der Waals surface area contributed by atoms with Crippen molar-refractivity contribution in [3.63, 3.8) is 0 Å². The van der Waals surface area contributed by atoms with Crippen LogP contribution >= 0.6 is 15.9 Å². The Balaban J connectivity index is 2.04. The molecule has 1 heterocycles. The molecule has 0 saturated heterocycles. The monoisotopic (exact) mass is 308 g/mol. The summed E-state index contributed by atoms with van der Waals surface area (Å²) in [5, 5.41) is 13.0. The minimum Gasteiger partial charge on any atom is -0.507 e. The van der Waals surface area contributed by atoms with Crippen molar-refractivity contribution in [3.05, 3.63) is 46.7 Å². The molecule has 0 aliphatic rings. The average molecular weight is 309 g/mol. The van der Waals surface area contributed by atoms with E-state index in [0.29, 0.717) is 12.3 Å². The molecule has 2 N–H and O–H groups in total. The van der Waals surface area contributed by atoms with Crippen molar-refractivity contribution in [2.24, 2.45) is 0 Å². The fourth-order valence-corrected chi connectivity index (χ4v) is 1.73. The molecule has 0 radical (unpaired) electrons. The summed E-state index contributed by atoms with van der Waals surface area (Å²) in [4.78, 5) is 4.11. The smallest absolute Gasteiger partial charge is 0.124 e. The van der Waals surface area contributed by atoms with Crippen LogP contribution in [0.2, 0.25) is 0 Å². The number of benzene rings is 1. The molecule has 18 heavy (non-hydrogen) atoms. The molecule has 0 spiro atoms. The predicted octanol–water partition coefficient (Wildman–Crippen LogP) is 3.17. The van der Waals surface area contributed by atoms with E-state index in [4.69, 9.17) is 4.74 Å². The maximum atomic E-state index is 9.80. The molecule has 0 bridgehead atoms. The molecular formula is C13H13BrN2O2. The lowest BCUT2D eigenvalue weighted by Gasteiger charge is -2.09. The molecule has 1 aromatic heterocycles. The van der Waals surface area contributed by atoms with Crippen molar-refractivity contribution in [1.29, 1.82) is 0 Å². The maximum Gasteiger partial charge on any atom is 0.124 e. The Kier molecular flexibility index (Phi) is 4.04. The molecule has 0 unspecified atom stereocenters. The molecule has 0 saturated carbocycles. The van der Waals surface area contributed by atoms with Gasteiger partial charge in [0.05, 0.1) is 19.0 Å². The van der Waals surface area contributed by atoms with Crippen molar-refractivity contribution in [2.75, 3.05) is 12.4 Å². The number of hydrogen-bond acceptors (Lipinski definition) is 4. The molecule has 0 amide bonds. The molecule has 5 heteroatoms. The highest BCUT2D eigenvalue weighted by Crippen LogP contribution is 2.24. The highest BCUT2D eigenvalue weighted by molar-refractivity contribution is 9.10. The summed E-state index contributed by atoms with van der Waals surface area (Å²) in [7, 11) is 1.57. The Morgan fingerprint density at radius 2 is 2.17 bits per heavy atom. The summed E-state index contributed by atoms with van der Waals surface area (Å²) in [6, 6.07) is 9.01. The van der Waals surface area contributed by atoms with Crippen molar-refractivity contribution in [1.82, 2.24) is 4.98 Å². The number of rotatable bonds is 4. The minimum atomic E-state index is 0.215. The van der Waals surface area contributed by atoms with Gasteiger partial charge < -0.3 is 15.2 Å². The number of hydrogen-bond donors (Lipinski definition) is 2. The second-order valence-corrected chi connectivity index (χ2v) is 4.53. The third-order valence-corrected chi connectivity index (χ3v) is 2.97. The van der Waals surface area contributed by atoms with Crippen LogP contribution in [-0.4, -0.2) is 17.2 Å². The molecule has 0 aliphatic heterocycles. The van der Waals surface area contributed by atoms with Gasteiger partial charge in [0, 0.05) is 18.2 Å². The van der Waals surface area contributed by atoms with Crippen LogP contribution in [0.5, 0.6) is 11.5 Å². The number of aromatic nitrogens is 1. The normalized spacial score (nSPS) is 10.1. The number of methoxy groups -OCH3 is 1. The lowest BCUT2D eigenvalue weighted by Crippen LogP contribution is -2.00. The number of nitrogens with zero attached hydrogens (tertiary/aromatic N) is 1. The van der Waals surface area contributed by atoms with Gasteiger partial charge in [-0.25, -0.2) is 4.98 Å². The van der Waals surface area contributed by atoms with E-state index in [1.54, 1.807) is 19.4 Å². The first-order chi connectivity index (χ1) is 8.69. The van der Waals surface area contributed by atoms with E-state index in [-0.39, 0.29) is 5.75 Å². The highest BCUT2D eigenvalue weighted by atomic mass is 79.9. The van der Waals surface area contributed by atoms with Crippen LogP contribution in [-0.2, 0) is 6.54 Å². The van der Waals surface area contributed by atoms with Crippen molar-refractivity contribution >= 4 is 21.6 Å². The van der Waals surface area contributed by atoms with Crippen molar-refractivity contribution in [3.8, 4) is 11.5 Å². The van der Waals surface area contributed by atoms with E-state index in [2.05, 4.69) is 26.2 Å². The minimum absolute atomic E-state index is 0.215. The predicted molar refractivity (Wildman–Crippen MR) is 73.9 cm³/mol. The number of halogens is 1. The molecule has 2 aromatic rings. The van der Waals surface area contributed by atoms with Crippen LogP contribution in [0.4, 0.5) is 5.69 Å². The van der Waals surface area contributed by atoms with Crippen LogP contribution in [0.1, 0.15) is 5.56 Å². The fourth-order valence-electron chi connectivity index (χ4n) is 1.50. The zero-order valence-corrected chi connectivity index (χ0v) is 11.4. The van der Waals surface area contributed by atoms with Crippen molar-refractivity contribution < 1.29 is 9.84 Å². The van der Waals surface area contributed by atoms with Gasteiger partial charge in [0.1, 0.15) is 16.1 Å². The zero-order valence-electron chi connectivity index (χ0n) is 9.85. The number of nitrogens with one attached hydrogen (secondary N) is 1. The van der Waals surface area contributed by atoms with Gasteiger partial charge in [-0.05, 0) is 40.2 Å². The Hall–Kier alpha value is -1.75. The van der Waals surface area contributed by atoms with Gasteiger partial charge in [-0.15, -0.1) is 0 Å². The fraction of sp³-hybridized carbons (Fsp3) is 0.154. The lowest BCUT2D eigenvalue weighted by molar-refractivity contribution is 0.406. The third kappa shape index (κ3) is 3.13. The summed E-state index contributed by atoms with van der Waals surface area (Å²) in [5.74, 6) is 0.855. The molecule has 0 atom stereocenters. The van der Waals surface area contributed by atoms with Gasteiger partial charge in [-0.2, -0.15) is 0 Å². The van der Waals surface area contributed by atoms with Crippen LogP contribution in [0.3, 0.4) is 0 Å². The third-order valence-electron chi connectivity index (χ3n) is 2.50. The summed E-state index contributed by atoms with van der Waals surface area (Å²) < 4.78 is 5.82. The van der Waals surface area contributed by atoms with E-state index in [1.807, 2.05) is 24.3 Å². The Bertz CT molecular complexity index is 529. The standard InChI is InChI=1S/C13H13BrN2O2/c1-18-11-4-2-9(12(17)6-11)7-15-10-3-5-13(14)16-8-10/h2-6,8,15,17H,7H2,1H3. The van der Waals surface area contributed by atoms with E-state index in [0.717, 1.165) is 15.9 Å². The molecule has 4 nitrogen and oxygen atoms in total. The van der Waals surface area contributed by atoms with Crippen LogP contribution in [0.15, 0.2) is 41.1 Å². The number of phenolic OH excluding ortho intramolecular Hbond substituents is 1. The van der Waals surface area contributed by atoms with Gasteiger partial charge >= 0.3 is 0 Å². The number of ether oxygens (including phenoxy) is 1. The molecule has 0 aliphatic carbocycles. The van der Waals surface area contributed by atoms with Gasteiger partial charge in [-0.1, -0.05) is 0 Å². The second-order valence-electron chi connectivity index (χ2n) is 3.72. The molecule has 0 fully saturated rings. The highest BCUT2D eigenvalue weighted by Gasteiger charge is 2.03. The topological polar surface area (TPSA) is 54.4 Å². The molecule has 1 aromatic carbocycles. The van der Waals surface area contributed by atoms with Gasteiger partial charge in [0.15, 0.2) is 0 Å². The lowest BCUT2D eigenvalue weighted by atomic mass is 10.2. The Morgan fingerprint density at radius 1 is 1.33 bits per heavy atom. The van der Waals surface area contributed by atoms with Crippen LogP contribution in [0, 0.1) is 0 Å². The van der Waals surface area contributed by atoms with Gasteiger partial charge in [-0.3, -0.25) is 0 Å². The van der Waals surface area contributed by atoms with E-state index >= 15 is 0 Å². The summed E-state index contributed by atoms with van der Waals surface area (Å²) in [6.45, 7) is 0.527. The number of anilines is 1. The quantitative estimate of drug-likeness (QED) is 0.852. The second kappa shape index (κ2) is 5.73. The molecule has 94 valence electrons. The summed E-state index contributed by atoms with van der Waals surface area (Å²) >= 11 is 3.28. The van der Waals surface area contributed by atoms with E-state index < -0.39 is 0 Å². The van der Waals surface area contributed by atoms with Gasteiger partial charge in [0.25, 0.3) is 0 Å². The summed E-state index contributed by atoms with van der Waals surface area (Å²) in [6.07, 6.45) is 1.73. The Morgan fingerprint density at radius 3 is 2.78 bits per heavy atom. The first-order valence-electron chi connectivity index (χ1n) is 5.40. The van der Waals surface area contributed by atoms with Crippen LogP contribution < -0.4 is 10.1 Å². The average Bonchev–Trinajstić information content (AvgIpc) is 2.39. The maximum absolute atomic E-state index is 9.80. The summed E-state index contributed by atoms with van der Waals surface area (Å²) in [5.41, 5.74) is 1.70. The van der Waals surface area contributed by atoms with E-state index in [9.17, 15) is 5.11 Å². The molecular weight excluding hydrogens is 296 g/mol. The first kappa shape index (κ1) is 12.7. The number of pyridine rings is 1. The zero-order chi connectivity index (χ0) is 13.0. The number of aromatic hydroxyl groups is 1.